The zero-order chi connectivity index (χ0) is 22.2. The number of nitrogens with one attached hydrogen (secondary N) is 1. The summed E-state index contributed by atoms with van der Waals surface area (Å²) in [7, 11) is 0. The van der Waals surface area contributed by atoms with E-state index in [1.54, 1.807) is 29.0 Å². The molecule has 2 aromatic carbocycles. The maximum absolute atomic E-state index is 13.6. The van der Waals surface area contributed by atoms with Crippen LogP contribution in [0.15, 0.2) is 83.8 Å². The van der Waals surface area contributed by atoms with Crippen LogP contribution in [0.2, 0.25) is 5.02 Å². The number of para-hydroxylation sites is 1. The molecule has 2 N–H and O–H groups in total. The predicted molar refractivity (Wildman–Crippen MR) is 128 cm³/mol. The average Bonchev–Trinajstić information content (AvgIpc) is 2.79. The maximum Gasteiger partial charge on any atom is 0.264 e. The SMILES string of the molecule is C[C@H](Nc1cc(O)nc2cccnc12)c1cc2cccc(Cl)c2c(=O)n1-c1ccccc1. The fourth-order valence-electron chi connectivity index (χ4n) is 3.97. The number of rotatable bonds is 4. The molecule has 0 radical (unpaired) electrons. The van der Waals surface area contributed by atoms with E-state index in [-0.39, 0.29) is 17.5 Å². The summed E-state index contributed by atoms with van der Waals surface area (Å²) in [6.45, 7) is 1.96. The minimum atomic E-state index is -0.307. The average molecular weight is 443 g/mol. The van der Waals surface area contributed by atoms with Gasteiger partial charge in [-0.2, -0.15) is 0 Å². The van der Waals surface area contributed by atoms with Gasteiger partial charge in [0, 0.05) is 23.6 Å². The number of aromatic hydroxyl groups is 1. The predicted octanol–water partition coefficient (Wildman–Crippen LogP) is 5.47. The Morgan fingerprint density at radius 3 is 2.66 bits per heavy atom. The Labute approximate surface area is 188 Å². The molecule has 0 amide bonds. The second-order valence-electron chi connectivity index (χ2n) is 7.51. The first-order valence-electron chi connectivity index (χ1n) is 10.1. The van der Waals surface area contributed by atoms with Gasteiger partial charge in [0.2, 0.25) is 5.88 Å². The summed E-state index contributed by atoms with van der Waals surface area (Å²) < 4.78 is 1.67. The normalized spacial score (nSPS) is 12.2. The van der Waals surface area contributed by atoms with Crippen molar-refractivity contribution in [2.75, 3.05) is 5.32 Å². The molecule has 3 aromatic heterocycles. The van der Waals surface area contributed by atoms with Crippen LogP contribution in [0, 0.1) is 0 Å². The Kier molecular flexibility index (Phi) is 4.99. The monoisotopic (exact) mass is 442 g/mol. The van der Waals surface area contributed by atoms with Gasteiger partial charge in [0.05, 0.1) is 27.7 Å². The number of nitrogens with zero attached hydrogens (tertiary/aromatic N) is 3. The molecule has 0 saturated heterocycles. The molecule has 32 heavy (non-hydrogen) atoms. The Balaban J connectivity index is 1.71. The van der Waals surface area contributed by atoms with Gasteiger partial charge in [-0.1, -0.05) is 41.9 Å². The zero-order valence-electron chi connectivity index (χ0n) is 17.2. The van der Waals surface area contributed by atoms with Gasteiger partial charge in [0.15, 0.2) is 0 Å². The van der Waals surface area contributed by atoms with Crippen molar-refractivity contribution >= 4 is 39.1 Å². The Morgan fingerprint density at radius 1 is 1.03 bits per heavy atom. The summed E-state index contributed by atoms with van der Waals surface area (Å²) in [5.74, 6) is -0.106. The number of halogens is 1. The molecule has 5 aromatic rings. The maximum atomic E-state index is 13.6. The first-order chi connectivity index (χ1) is 15.5. The quantitative estimate of drug-likeness (QED) is 0.386. The summed E-state index contributed by atoms with van der Waals surface area (Å²) in [6.07, 6.45) is 1.68. The Hall–Kier alpha value is -3.90. The first-order valence-corrected chi connectivity index (χ1v) is 10.5. The van der Waals surface area contributed by atoms with Crippen molar-refractivity contribution in [1.29, 1.82) is 0 Å². The van der Waals surface area contributed by atoms with E-state index in [2.05, 4.69) is 15.3 Å². The minimum Gasteiger partial charge on any atom is -0.493 e. The van der Waals surface area contributed by atoms with Crippen molar-refractivity contribution in [2.45, 2.75) is 13.0 Å². The van der Waals surface area contributed by atoms with E-state index in [0.717, 1.165) is 16.8 Å². The summed E-state index contributed by atoms with van der Waals surface area (Å²) in [4.78, 5) is 22.1. The van der Waals surface area contributed by atoms with Crippen LogP contribution in [0.5, 0.6) is 5.88 Å². The molecule has 0 saturated carbocycles. The lowest BCUT2D eigenvalue weighted by atomic mass is 10.1. The molecule has 158 valence electrons. The molecule has 0 aliphatic rings. The summed E-state index contributed by atoms with van der Waals surface area (Å²) in [5.41, 5.74) is 3.13. The molecular formula is C25H19ClN4O2. The van der Waals surface area contributed by atoms with E-state index in [9.17, 15) is 9.90 Å². The smallest absolute Gasteiger partial charge is 0.264 e. The summed E-state index contributed by atoms with van der Waals surface area (Å²) in [5, 5.41) is 15.2. The van der Waals surface area contributed by atoms with Gasteiger partial charge < -0.3 is 10.4 Å². The van der Waals surface area contributed by atoms with E-state index < -0.39 is 0 Å². The molecule has 0 fully saturated rings. The van der Waals surface area contributed by atoms with Crippen LogP contribution in [-0.4, -0.2) is 19.6 Å². The minimum absolute atomic E-state index is 0.106. The summed E-state index contributed by atoms with van der Waals surface area (Å²) >= 11 is 6.39. The van der Waals surface area contributed by atoms with Crippen molar-refractivity contribution < 1.29 is 5.11 Å². The highest BCUT2D eigenvalue weighted by Gasteiger charge is 2.19. The molecular weight excluding hydrogens is 424 g/mol. The number of anilines is 1. The van der Waals surface area contributed by atoms with Crippen LogP contribution in [-0.2, 0) is 0 Å². The van der Waals surface area contributed by atoms with Crippen LogP contribution < -0.4 is 10.9 Å². The van der Waals surface area contributed by atoms with Crippen molar-refractivity contribution in [1.82, 2.24) is 14.5 Å². The molecule has 3 heterocycles. The van der Waals surface area contributed by atoms with Crippen molar-refractivity contribution in [3.63, 3.8) is 0 Å². The van der Waals surface area contributed by atoms with Gasteiger partial charge >= 0.3 is 0 Å². The zero-order valence-corrected chi connectivity index (χ0v) is 17.9. The second kappa shape index (κ2) is 7.98. The number of fused-ring (bicyclic) bond motifs is 2. The summed E-state index contributed by atoms with van der Waals surface area (Å²) in [6, 6.07) is 21.6. The van der Waals surface area contributed by atoms with Gasteiger partial charge in [-0.25, -0.2) is 4.98 Å². The Bertz CT molecular complexity index is 1520. The highest BCUT2D eigenvalue weighted by molar-refractivity contribution is 6.35. The van der Waals surface area contributed by atoms with Crippen LogP contribution in [0.4, 0.5) is 5.69 Å². The highest BCUT2D eigenvalue weighted by atomic mass is 35.5. The third-order valence-corrected chi connectivity index (χ3v) is 5.72. The molecule has 0 spiro atoms. The van der Waals surface area contributed by atoms with Crippen molar-refractivity contribution in [3.8, 4) is 11.6 Å². The fraction of sp³-hybridized carbons (Fsp3) is 0.0800. The lowest BCUT2D eigenvalue weighted by molar-refractivity contribution is 0.456. The van der Waals surface area contributed by atoms with E-state index >= 15 is 0 Å². The van der Waals surface area contributed by atoms with Crippen LogP contribution in [0.3, 0.4) is 0 Å². The highest BCUT2D eigenvalue weighted by Crippen LogP contribution is 2.30. The topological polar surface area (TPSA) is 80.0 Å². The molecule has 0 aliphatic carbocycles. The lowest BCUT2D eigenvalue weighted by Gasteiger charge is -2.22. The molecule has 7 heteroatoms. The third kappa shape index (κ3) is 3.44. The third-order valence-electron chi connectivity index (χ3n) is 5.40. The van der Waals surface area contributed by atoms with E-state index in [1.807, 2.05) is 55.5 Å². The standard InChI is InChI=1S/C25H19ClN4O2/c1-15(28-20-14-22(31)29-19-11-6-12-27-24(19)20)21-13-16-7-5-10-18(26)23(16)25(32)30(21)17-8-3-2-4-9-17/h2-15H,1H3,(H2,28,29,31)/t15-/m0/s1. The van der Waals surface area contributed by atoms with Crippen molar-refractivity contribution in [3.05, 3.63) is 100 Å². The van der Waals surface area contributed by atoms with Gasteiger partial charge in [0.1, 0.15) is 5.52 Å². The lowest BCUT2D eigenvalue weighted by Crippen LogP contribution is -2.25. The Morgan fingerprint density at radius 2 is 1.84 bits per heavy atom. The van der Waals surface area contributed by atoms with Gasteiger partial charge in [-0.15, -0.1) is 0 Å². The van der Waals surface area contributed by atoms with Crippen LogP contribution in [0.1, 0.15) is 18.7 Å². The van der Waals surface area contributed by atoms with Gasteiger partial charge in [-0.05, 0) is 48.7 Å². The number of pyridine rings is 3. The number of hydrogen-bond donors (Lipinski definition) is 2. The van der Waals surface area contributed by atoms with E-state index in [0.29, 0.717) is 27.1 Å². The van der Waals surface area contributed by atoms with Crippen LogP contribution in [0.25, 0.3) is 27.5 Å². The number of aromatic nitrogens is 3. The van der Waals surface area contributed by atoms with E-state index in [1.165, 1.54) is 6.07 Å². The first kappa shape index (κ1) is 20.0. The van der Waals surface area contributed by atoms with Crippen molar-refractivity contribution in [2.24, 2.45) is 0 Å². The largest absolute Gasteiger partial charge is 0.493 e. The molecule has 1 atom stereocenters. The molecule has 5 rings (SSSR count). The second-order valence-corrected chi connectivity index (χ2v) is 7.92. The fourth-order valence-corrected chi connectivity index (χ4v) is 4.23. The molecule has 0 unspecified atom stereocenters. The number of benzene rings is 2. The van der Waals surface area contributed by atoms with Gasteiger partial charge in [0.25, 0.3) is 5.56 Å². The molecule has 0 bridgehead atoms. The number of hydrogen-bond acceptors (Lipinski definition) is 5. The van der Waals surface area contributed by atoms with Gasteiger partial charge in [-0.3, -0.25) is 14.3 Å². The molecule has 0 aliphatic heterocycles. The van der Waals surface area contributed by atoms with Crippen LogP contribution >= 0.6 is 11.6 Å². The molecule has 6 nitrogen and oxygen atoms in total. The van der Waals surface area contributed by atoms with E-state index in [4.69, 9.17) is 11.6 Å².